The van der Waals surface area contributed by atoms with Crippen LogP contribution >= 0.6 is 0 Å². The Morgan fingerprint density at radius 3 is 1.47 bits per heavy atom. The third-order valence-corrected chi connectivity index (χ3v) is 7.09. The summed E-state index contributed by atoms with van der Waals surface area (Å²) in [4.78, 5) is 0. The zero-order valence-electron chi connectivity index (χ0n) is 19.0. The first-order chi connectivity index (χ1) is 15.8. The van der Waals surface area contributed by atoms with Crippen molar-refractivity contribution in [2.45, 2.75) is 45.1 Å². The van der Waals surface area contributed by atoms with E-state index in [4.69, 9.17) is 0 Å². The molecule has 32 heavy (non-hydrogen) atoms. The summed E-state index contributed by atoms with van der Waals surface area (Å²) < 4.78 is 2.63. The van der Waals surface area contributed by atoms with Crippen LogP contribution in [0.5, 0.6) is 0 Å². The molecule has 4 aromatic rings. The van der Waals surface area contributed by atoms with Gasteiger partial charge in [0.2, 0.25) is 11.4 Å². The van der Waals surface area contributed by atoms with E-state index in [1.54, 1.807) is 0 Å². The maximum atomic E-state index is 2.63. The molecule has 1 fully saturated rings. The van der Waals surface area contributed by atoms with Crippen molar-refractivity contribution in [1.29, 1.82) is 0 Å². The molecular weight excluding hydrogens is 386 g/mol. The largest absolute Gasteiger partial charge is 0.213 e. The van der Waals surface area contributed by atoms with Gasteiger partial charge in [0.15, 0.2) is 6.04 Å². The highest BCUT2D eigenvalue weighted by Gasteiger charge is 2.33. The maximum absolute atomic E-state index is 2.63. The van der Waals surface area contributed by atoms with E-state index in [0.717, 1.165) is 5.92 Å². The molecule has 1 nitrogen and oxygen atoms in total. The molecule has 1 aliphatic rings. The minimum Gasteiger partial charge on any atom is -0.189 e. The molecular formula is C31H32N+. The zero-order chi connectivity index (χ0) is 21.8. The van der Waals surface area contributed by atoms with Gasteiger partial charge in [-0.25, -0.2) is 0 Å². The molecule has 1 aromatic heterocycles. The van der Waals surface area contributed by atoms with E-state index in [0.29, 0.717) is 6.04 Å². The summed E-state index contributed by atoms with van der Waals surface area (Å²) in [6.07, 6.45) is 6.77. The average Bonchev–Trinajstić information content (AvgIpc) is 2.89. The lowest BCUT2D eigenvalue weighted by Crippen LogP contribution is -2.46. The second kappa shape index (κ2) is 9.53. The summed E-state index contributed by atoms with van der Waals surface area (Å²) in [7, 11) is 0. The number of aromatic nitrogens is 1. The van der Waals surface area contributed by atoms with Crippen molar-refractivity contribution in [3.63, 3.8) is 0 Å². The van der Waals surface area contributed by atoms with Crippen LogP contribution in [-0.2, 0) is 0 Å². The third-order valence-electron chi connectivity index (χ3n) is 7.09. The quantitative estimate of drug-likeness (QED) is 0.288. The van der Waals surface area contributed by atoms with Crippen molar-refractivity contribution in [2.24, 2.45) is 5.92 Å². The van der Waals surface area contributed by atoms with Gasteiger partial charge in [-0.15, -0.1) is 0 Å². The van der Waals surface area contributed by atoms with Crippen LogP contribution in [0.2, 0.25) is 0 Å². The van der Waals surface area contributed by atoms with Gasteiger partial charge < -0.3 is 0 Å². The van der Waals surface area contributed by atoms with Crippen molar-refractivity contribution >= 4 is 0 Å². The normalized spacial score (nSPS) is 15.4. The summed E-state index contributed by atoms with van der Waals surface area (Å²) in [6, 6.07) is 37.9. The summed E-state index contributed by atoms with van der Waals surface area (Å²) >= 11 is 0. The molecule has 0 amide bonds. The molecule has 160 valence electrons. The molecule has 0 unspecified atom stereocenters. The summed E-state index contributed by atoms with van der Waals surface area (Å²) in [5.74, 6) is 0.723. The van der Waals surface area contributed by atoms with Crippen LogP contribution in [0.15, 0.2) is 103 Å². The van der Waals surface area contributed by atoms with E-state index < -0.39 is 0 Å². The van der Waals surface area contributed by atoms with Gasteiger partial charge in [-0.1, -0.05) is 86.0 Å². The monoisotopic (exact) mass is 418 g/mol. The number of benzene rings is 3. The van der Waals surface area contributed by atoms with Crippen molar-refractivity contribution in [2.75, 3.05) is 0 Å². The molecule has 0 saturated heterocycles. The third kappa shape index (κ3) is 4.25. The number of rotatable bonds is 5. The lowest BCUT2D eigenvalue weighted by atomic mass is 9.83. The standard InChI is InChI=1S/C31H32N/c1-24(25-14-6-2-7-15-25)32-30(27-18-10-4-11-19-27)22-29(26-16-8-3-9-17-26)23-31(32)28-20-12-5-13-21-28/h3-5,8-13,16-25H,2,6-7,14-15H2,1H3/q+1/t24-/m1/s1. The molecule has 0 bridgehead atoms. The minimum atomic E-state index is 0.450. The van der Waals surface area contributed by atoms with Crippen LogP contribution in [-0.4, -0.2) is 0 Å². The smallest absolute Gasteiger partial charge is 0.189 e. The SMILES string of the molecule is C[C@H](C1CCCCC1)[n+]1c(-c2ccccc2)cc(-c2ccccc2)cc1-c1ccccc1. The van der Waals surface area contributed by atoms with Gasteiger partial charge in [0.05, 0.1) is 0 Å². The zero-order valence-corrected chi connectivity index (χ0v) is 19.0. The Kier molecular flexibility index (Phi) is 6.16. The number of pyridine rings is 1. The summed E-state index contributed by atoms with van der Waals surface area (Å²) in [5, 5.41) is 0. The summed E-state index contributed by atoms with van der Waals surface area (Å²) in [5.41, 5.74) is 7.72. The van der Waals surface area contributed by atoms with E-state index in [1.807, 2.05) is 0 Å². The minimum absolute atomic E-state index is 0.450. The van der Waals surface area contributed by atoms with Gasteiger partial charge in [0.25, 0.3) is 0 Å². The van der Waals surface area contributed by atoms with E-state index >= 15 is 0 Å². The number of nitrogens with zero attached hydrogens (tertiary/aromatic N) is 1. The van der Waals surface area contributed by atoms with Crippen LogP contribution in [0, 0.1) is 5.92 Å². The molecule has 0 spiro atoms. The van der Waals surface area contributed by atoms with Crippen LogP contribution in [0.1, 0.15) is 45.1 Å². The van der Waals surface area contributed by atoms with E-state index in [-0.39, 0.29) is 0 Å². The average molecular weight is 419 g/mol. The Hall–Kier alpha value is -3.19. The first-order valence-corrected chi connectivity index (χ1v) is 12.1. The Labute approximate surface area is 192 Å². The first kappa shape index (κ1) is 20.7. The van der Waals surface area contributed by atoms with E-state index in [2.05, 4.69) is 115 Å². The molecule has 0 N–H and O–H groups in total. The molecule has 0 radical (unpaired) electrons. The molecule has 1 heteroatoms. The van der Waals surface area contributed by atoms with Gasteiger partial charge in [0.1, 0.15) is 0 Å². The van der Waals surface area contributed by atoms with Gasteiger partial charge in [-0.2, -0.15) is 4.57 Å². The van der Waals surface area contributed by atoms with Crippen molar-refractivity contribution < 1.29 is 4.57 Å². The van der Waals surface area contributed by atoms with Gasteiger partial charge in [0, 0.05) is 29.2 Å². The number of hydrogen-bond donors (Lipinski definition) is 0. The number of hydrogen-bond acceptors (Lipinski definition) is 0. The highest BCUT2D eigenvalue weighted by Crippen LogP contribution is 2.35. The van der Waals surface area contributed by atoms with E-state index in [1.165, 1.54) is 65.7 Å². The van der Waals surface area contributed by atoms with Gasteiger partial charge in [-0.3, -0.25) is 0 Å². The molecule has 3 aromatic carbocycles. The second-order valence-electron chi connectivity index (χ2n) is 9.12. The lowest BCUT2D eigenvalue weighted by molar-refractivity contribution is -0.706. The van der Waals surface area contributed by atoms with Crippen LogP contribution in [0.4, 0.5) is 0 Å². The fourth-order valence-electron chi connectivity index (χ4n) is 5.33. The van der Waals surface area contributed by atoms with Crippen LogP contribution < -0.4 is 4.57 Å². The second-order valence-corrected chi connectivity index (χ2v) is 9.12. The molecule has 0 aliphatic heterocycles. The van der Waals surface area contributed by atoms with Gasteiger partial charge >= 0.3 is 0 Å². The van der Waals surface area contributed by atoms with Crippen LogP contribution in [0.3, 0.4) is 0 Å². The van der Waals surface area contributed by atoms with Crippen molar-refractivity contribution in [1.82, 2.24) is 0 Å². The molecule has 1 saturated carbocycles. The van der Waals surface area contributed by atoms with Crippen LogP contribution in [0.25, 0.3) is 33.6 Å². The molecule has 1 aliphatic carbocycles. The first-order valence-electron chi connectivity index (χ1n) is 12.1. The maximum Gasteiger partial charge on any atom is 0.213 e. The molecule has 5 rings (SSSR count). The highest BCUT2D eigenvalue weighted by atomic mass is 15.0. The fourth-order valence-corrected chi connectivity index (χ4v) is 5.33. The predicted molar refractivity (Wildman–Crippen MR) is 134 cm³/mol. The lowest BCUT2D eigenvalue weighted by Gasteiger charge is -2.27. The van der Waals surface area contributed by atoms with Gasteiger partial charge in [-0.05, 0) is 55.2 Å². The Balaban J connectivity index is 1.77. The Morgan fingerprint density at radius 1 is 0.562 bits per heavy atom. The Morgan fingerprint density at radius 2 is 1.00 bits per heavy atom. The Bertz CT molecular complexity index is 1080. The van der Waals surface area contributed by atoms with Crippen molar-refractivity contribution in [3.8, 4) is 33.6 Å². The molecule has 1 atom stereocenters. The van der Waals surface area contributed by atoms with Crippen molar-refractivity contribution in [3.05, 3.63) is 103 Å². The fraction of sp³-hybridized carbons (Fsp3) is 0.258. The highest BCUT2D eigenvalue weighted by molar-refractivity contribution is 5.73. The molecule has 1 heterocycles. The predicted octanol–water partition coefficient (Wildman–Crippen LogP) is 8.12. The van der Waals surface area contributed by atoms with E-state index in [9.17, 15) is 0 Å². The topological polar surface area (TPSA) is 3.88 Å². The summed E-state index contributed by atoms with van der Waals surface area (Å²) in [6.45, 7) is 2.44.